The summed E-state index contributed by atoms with van der Waals surface area (Å²) in [4.78, 5) is 4.60. The number of rotatable bonds is 4. The molecule has 2 heterocycles. The van der Waals surface area contributed by atoms with Gasteiger partial charge in [0, 0.05) is 29.4 Å². The molecule has 2 aromatic heterocycles. The van der Waals surface area contributed by atoms with E-state index >= 15 is 0 Å². The molecule has 0 saturated carbocycles. The third-order valence-corrected chi connectivity index (χ3v) is 4.40. The number of hydrogen-bond acceptors (Lipinski definition) is 3. The summed E-state index contributed by atoms with van der Waals surface area (Å²) in [6.07, 6.45) is 1.88. The van der Waals surface area contributed by atoms with E-state index in [-0.39, 0.29) is 0 Å². The minimum atomic E-state index is 0.648. The second-order valence-corrected chi connectivity index (χ2v) is 6.45. The minimum Gasteiger partial charge on any atom is -0.366 e. The van der Waals surface area contributed by atoms with Crippen LogP contribution in [0.4, 0.5) is 5.82 Å². The van der Waals surface area contributed by atoms with Crippen LogP contribution in [0.1, 0.15) is 5.56 Å². The first-order valence-electron chi connectivity index (χ1n) is 7.79. The molecule has 0 bridgehead atoms. The van der Waals surface area contributed by atoms with Gasteiger partial charge in [0.2, 0.25) is 0 Å². The average molecular weight is 369 g/mol. The highest BCUT2D eigenvalue weighted by molar-refractivity contribution is 6.33. The van der Waals surface area contributed by atoms with E-state index in [1.165, 1.54) is 0 Å². The van der Waals surface area contributed by atoms with Gasteiger partial charge < -0.3 is 5.32 Å². The highest BCUT2D eigenvalue weighted by Gasteiger charge is 2.09. The summed E-state index contributed by atoms with van der Waals surface area (Å²) in [5, 5.41) is 9.24. The van der Waals surface area contributed by atoms with Crippen molar-refractivity contribution in [2.75, 3.05) is 5.32 Å². The van der Waals surface area contributed by atoms with E-state index in [0.29, 0.717) is 11.6 Å². The molecule has 4 nitrogen and oxygen atoms in total. The molecule has 0 unspecified atom stereocenters. The number of nitrogens with one attached hydrogen (secondary N) is 1. The van der Waals surface area contributed by atoms with Crippen molar-refractivity contribution < 1.29 is 0 Å². The lowest BCUT2D eigenvalue weighted by molar-refractivity contribution is 0.940. The summed E-state index contributed by atoms with van der Waals surface area (Å²) in [5.74, 6) is 0.776. The van der Waals surface area contributed by atoms with E-state index in [1.54, 1.807) is 4.52 Å². The van der Waals surface area contributed by atoms with Gasteiger partial charge in [-0.2, -0.15) is 5.10 Å². The topological polar surface area (TPSA) is 42.2 Å². The Labute approximate surface area is 155 Å². The Morgan fingerprint density at radius 2 is 1.84 bits per heavy atom. The van der Waals surface area contributed by atoms with Gasteiger partial charge in [0.05, 0.1) is 10.7 Å². The van der Waals surface area contributed by atoms with Crippen molar-refractivity contribution in [1.82, 2.24) is 14.6 Å². The van der Waals surface area contributed by atoms with Crippen LogP contribution in [0.3, 0.4) is 0 Å². The van der Waals surface area contributed by atoms with Crippen molar-refractivity contribution in [2.24, 2.45) is 0 Å². The van der Waals surface area contributed by atoms with Gasteiger partial charge in [-0.05, 0) is 29.8 Å². The Kier molecular flexibility index (Phi) is 4.30. The van der Waals surface area contributed by atoms with Crippen LogP contribution in [0.5, 0.6) is 0 Å². The fourth-order valence-electron chi connectivity index (χ4n) is 2.62. The third-order valence-electron chi connectivity index (χ3n) is 3.84. The highest BCUT2D eigenvalue weighted by atomic mass is 35.5. The first-order chi connectivity index (χ1) is 12.2. The van der Waals surface area contributed by atoms with Crippen LogP contribution < -0.4 is 5.32 Å². The molecule has 0 aliphatic carbocycles. The van der Waals surface area contributed by atoms with Crippen molar-refractivity contribution in [1.29, 1.82) is 0 Å². The van der Waals surface area contributed by atoms with Gasteiger partial charge in [0.15, 0.2) is 5.65 Å². The molecule has 0 saturated heterocycles. The standard InChI is InChI=1S/C19H14Cl2N4/c20-14-5-3-4-13(10-14)12-22-18-8-9-25-19(23-18)11-17(24-25)15-6-1-2-7-16(15)21/h1-11H,12H2,(H,22,23). The molecule has 25 heavy (non-hydrogen) atoms. The summed E-state index contributed by atoms with van der Waals surface area (Å²) in [6, 6.07) is 19.2. The average Bonchev–Trinajstić information content (AvgIpc) is 3.03. The van der Waals surface area contributed by atoms with Crippen LogP contribution >= 0.6 is 23.2 Å². The van der Waals surface area contributed by atoms with E-state index in [9.17, 15) is 0 Å². The normalized spacial score (nSPS) is 11.0. The van der Waals surface area contributed by atoms with Gasteiger partial charge in [0.1, 0.15) is 5.82 Å². The summed E-state index contributed by atoms with van der Waals surface area (Å²) in [6.45, 7) is 0.648. The fourth-order valence-corrected chi connectivity index (χ4v) is 3.06. The Morgan fingerprint density at radius 1 is 0.960 bits per heavy atom. The fraction of sp³-hybridized carbons (Fsp3) is 0.0526. The summed E-state index contributed by atoms with van der Waals surface area (Å²) >= 11 is 12.3. The van der Waals surface area contributed by atoms with Crippen LogP contribution in [0.25, 0.3) is 16.9 Å². The molecule has 0 aliphatic rings. The SMILES string of the molecule is Clc1cccc(CNc2ccn3nc(-c4ccccc4Cl)cc3n2)c1. The Hall–Kier alpha value is -2.56. The minimum absolute atomic E-state index is 0.648. The molecule has 0 radical (unpaired) electrons. The predicted octanol–water partition coefficient (Wildman–Crippen LogP) is 5.32. The van der Waals surface area contributed by atoms with Gasteiger partial charge in [0.25, 0.3) is 0 Å². The lowest BCUT2D eigenvalue weighted by Gasteiger charge is -2.06. The van der Waals surface area contributed by atoms with E-state index in [0.717, 1.165) is 33.3 Å². The number of benzene rings is 2. The number of halogens is 2. The van der Waals surface area contributed by atoms with Gasteiger partial charge >= 0.3 is 0 Å². The maximum Gasteiger partial charge on any atom is 0.157 e. The second-order valence-electron chi connectivity index (χ2n) is 5.61. The monoisotopic (exact) mass is 368 g/mol. The summed E-state index contributed by atoms with van der Waals surface area (Å²) in [7, 11) is 0. The first kappa shape index (κ1) is 15.9. The second kappa shape index (κ2) is 6.75. The number of aromatic nitrogens is 3. The van der Waals surface area contributed by atoms with Gasteiger partial charge in [-0.25, -0.2) is 9.50 Å². The Bertz CT molecular complexity index is 1040. The summed E-state index contributed by atoms with van der Waals surface area (Å²) < 4.78 is 1.74. The predicted molar refractivity (Wildman–Crippen MR) is 102 cm³/mol. The molecular weight excluding hydrogens is 355 g/mol. The van der Waals surface area contributed by atoms with E-state index in [2.05, 4.69) is 15.4 Å². The maximum absolute atomic E-state index is 6.26. The van der Waals surface area contributed by atoms with E-state index in [4.69, 9.17) is 23.2 Å². The van der Waals surface area contributed by atoms with Gasteiger partial charge in [-0.3, -0.25) is 0 Å². The zero-order valence-electron chi connectivity index (χ0n) is 13.2. The lowest BCUT2D eigenvalue weighted by atomic mass is 10.1. The van der Waals surface area contributed by atoms with Crippen molar-refractivity contribution in [3.05, 3.63) is 82.5 Å². The molecule has 1 N–H and O–H groups in total. The molecule has 4 rings (SSSR count). The Morgan fingerprint density at radius 3 is 2.68 bits per heavy atom. The van der Waals surface area contributed by atoms with Gasteiger partial charge in [-0.15, -0.1) is 0 Å². The third kappa shape index (κ3) is 3.45. The zero-order chi connectivity index (χ0) is 17.2. The number of hydrogen-bond donors (Lipinski definition) is 1. The molecule has 0 aliphatic heterocycles. The van der Waals surface area contributed by atoms with E-state index < -0.39 is 0 Å². The zero-order valence-corrected chi connectivity index (χ0v) is 14.7. The first-order valence-corrected chi connectivity index (χ1v) is 8.54. The molecule has 0 atom stereocenters. The molecule has 0 amide bonds. The molecular formula is C19H14Cl2N4. The number of fused-ring (bicyclic) bond motifs is 1. The lowest BCUT2D eigenvalue weighted by Crippen LogP contribution is -2.02. The molecule has 2 aromatic carbocycles. The Balaban J connectivity index is 1.59. The highest BCUT2D eigenvalue weighted by Crippen LogP contribution is 2.27. The molecule has 0 spiro atoms. The molecule has 124 valence electrons. The van der Waals surface area contributed by atoms with Crippen molar-refractivity contribution in [2.45, 2.75) is 6.54 Å². The van der Waals surface area contributed by atoms with Crippen molar-refractivity contribution in [3.8, 4) is 11.3 Å². The van der Waals surface area contributed by atoms with Gasteiger partial charge in [-0.1, -0.05) is 53.5 Å². The maximum atomic E-state index is 6.26. The largest absolute Gasteiger partial charge is 0.366 e. The van der Waals surface area contributed by atoms with Crippen LogP contribution in [0.2, 0.25) is 10.0 Å². The molecule has 6 heteroatoms. The molecule has 0 fully saturated rings. The van der Waals surface area contributed by atoms with E-state index in [1.807, 2.05) is 66.9 Å². The van der Waals surface area contributed by atoms with Crippen molar-refractivity contribution >= 4 is 34.7 Å². The van der Waals surface area contributed by atoms with Crippen LogP contribution in [-0.4, -0.2) is 14.6 Å². The molecule has 4 aromatic rings. The van der Waals surface area contributed by atoms with Crippen molar-refractivity contribution in [3.63, 3.8) is 0 Å². The number of anilines is 1. The quantitative estimate of drug-likeness (QED) is 0.530. The smallest absolute Gasteiger partial charge is 0.157 e. The van der Waals surface area contributed by atoms with Crippen LogP contribution in [0, 0.1) is 0 Å². The van der Waals surface area contributed by atoms with Crippen LogP contribution in [0.15, 0.2) is 66.9 Å². The van der Waals surface area contributed by atoms with Crippen LogP contribution in [-0.2, 0) is 6.54 Å². The number of nitrogens with zero attached hydrogens (tertiary/aromatic N) is 3. The summed E-state index contributed by atoms with van der Waals surface area (Å²) in [5.41, 5.74) is 3.54.